The first-order valence-electron chi connectivity index (χ1n) is 2.65. The summed E-state index contributed by atoms with van der Waals surface area (Å²) in [5.74, 6) is 0.0301. The third-order valence-corrected chi connectivity index (χ3v) is 1.25. The van der Waals surface area contributed by atoms with Crippen LogP contribution < -0.4 is 4.18 Å². The van der Waals surface area contributed by atoms with E-state index in [1.165, 1.54) is 24.5 Å². The molecule has 0 aromatic carbocycles. The van der Waals surface area contributed by atoms with Crippen molar-refractivity contribution in [1.82, 2.24) is 4.98 Å². The molecule has 1 N–H and O–H groups in total. The standard InChI is InChI=1S/C5H5NO4S/c7-11(8,9)10-5-1-3-6-4-2-5/h1-4H,(H,7,8,9). The van der Waals surface area contributed by atoms with Crippen molar-refractivity contribution in [3.05, 3.63) is 24.5 Å². The largest absolute Gasteiger partial charge is 0.446 e. The van der Waals surface area contributed by atoms with Gasteiger partial charge in [-0.2, -0.15) is 8.42 Å². The summed E-state index contributed by atoms with van der Waals surface area (Å²) in [5.41, 5.74) is 0. The lowest BCUT2D eigenvalue weighted by atomic mass is 10.5. The predicted molar refractivity (Wildman–Crippen MR) is 36.4 cm³/mol. The molecule has 0 aliphatic heterocycles. The van der Waals surface area contributed by atoms with Crippen molar-refractivity contribution in [2.45, 2.75) is 0 Å². The highest BCUT2D eigenvalue weighted by molar-refractivity contribution is 7.81. The molecule has 0 radical (unpaired) electrons. The Morgan fingerprint density at radius 3 is 2.36 bits per heavy atom. The molecule has 1 aromatic heterocycles. The first-order chi connectivity index (χ1) is 5.08. The number of hydrogen-bond acceptors (Lipinski definition) is 4. The van der Waals surface area contributed by atoms with Crippen molar-refractivity contribution >= 4 is 10.4 Å². The number of pyridine rings is 1. The fraction of sp³-hybridized carbons (Fsp3) is 0. The molecule has 5 nitrogen and oxygen atoms in total. The van der Waals surface area contributed by atoms with E-state index in [-0.39, 0.29) is 5.75 Å². The van der Waals surface area contributed by atoms with Crippen LogP contribution in [0.15, 0.2) is 24.5 Å². The normalized spacial score (nSPS) is 11.0. The topological polar surface area (TPSA) is 76.5 Å². The Balaban J connectivity index is 2.82. The minimum atomic E-state index is -4.40. The highest BCUT2D eigenvalue weighted by Crippen LogP contribution is 2.08. The Bertz CT molecular complexity index is 320. The average Bonchev–Trinajstić information content (AvgIpc) is 1.85. The second-order valence-corrected chi connectivity index (χ2v) is 2.72. The van der Waals surface area contributed by atoms with Gasteiger partial charge in [0.05, 0.1) is 0 Å². The maximum atomic E-state index is 10.1. The summed E-state index contributed by atoms with van der Waals surface area (Å²) in [4.78, 5) is 3.62. The van der Waals surface area contributed by atoms with E-state index in [1.807, 2.05) is 0 Å². The molecule has 1 heterocycles. The Kier molecular flexibility index (Phi) is 2.06. The minimum Gasteiger partial charge on any atom is -0.362 e. The van der Waals surface area contributed by atoms with Gasteiger partial charge < -0.3 is 4.18 Å². The van der Waals surface area contributed by atoms with E-state index in [9.17, 15) is 8.42 Å². The van der Waals surface area contributed by atoms with Gasteiger partial charge in [0.2, 0.25) is 0 Å². The van der Waals surface area contributed by atoms with Crippen molar-refractivity contribution in [2.75, 3.05) is 0 Å². The first kappa shape index (κ1) is 7.96. The summed E-state index contributed by atoms with van der Waals surface area (Å²) in [6.07, 6.45) is 2.70. The van der Waals surface area contributed by atoms with Crippen LogP contribution in [0.5, 0.6) is 5.75 Å². The van der Waals surface area contributed by atoms with Crippen molar-refractivity contribution in [1.29, 1.82) is 0 Å². The van der Waals surface area contributed by atoms with Crippen LogP contribution in [0.2, 0.25) is 0 Å². The molecule has 0 atom stereocenters. The van der Waals surface area contributed by atoms with E-state index in [1.54, 1.807) is 0 Å². The lowest BCUT2D eigenvalue weighted by Crippen LogP contribution is -2.06. The van der Waals surface area contributed by atoms with Gasteiger partial charge in [0.1, 0.15) is 5.75 Å². The first-order valence-corrected chi connectivity index (χ1v) is 4.01. The molecule has 6 heteroatoms. The quantitative estimate of drug-likeness (QED) is 0.652. The molecule has 1 aromatic rings. The van der Waals surface area contributed by atoms with Crippen molar-refractivity contribution in [3.63, 3.8) is 0 Å². The molecule has 0 saturated carbocycles. The summed E-state index contributed by atoms with van der Waals surface area (Å²) in [6, 6.07) is 2.63. The van der Waals surface area contributed by atoms with Crippen LogP contribution in [-0.2, 0) is 10.4 Å². The van der Waals surface area contributed by atoms with Gasteiger partial charge in [0.15, 0.2) is 0 Å². The zero-order valence-electron chi connectivity index (χ0n) is 5.34. The van der Waals surface area contributed by atoms with Crippen molar-refractivity contribution in [3.8, 4) is 5.75 Å². The van der Waals surface area contributed by atoms with Gasteiger partial charge in [-0.05, 0) is 0 Å². The zero-order chi connectivity index (χ0) is 8.32. The van der Waals surface area contributed by atoms with Crippen molar-refractivity contribution in [2.24, 2.45) is 0 Å². The molecular formula is C5H5NO4S. The van der Waals surface area contributed by atoms with Crippen LogP contribution in [-0.4, -0.2) is 18.0 Å². The molecule has 0 fully saturated rings. The molecule has 0 aliphatic rings. The molecule has 0 saturated heterocycles. The fourth-order valence-corrected chi connectivity index (χ4v) is 0.870. The summed E-state index contributed by atoms with van der Waals surface area (Å²) in [6.45, 7) is 0. The van der Waals surface area contributed by atoms with Crippen LogP contribution in [0.3, 0.4) is 0 Å². The lowest BCUT2D eigenvalue weighted by Gasteiger charge is -1.97. The fourth-order valence-electron chi connectivity index (χ4n) is 0.515. The number of aromatic nitrogens is 1. The maximum Gasteiger partial charge on any atom is 0.446 e. The Hall–Kier alpha value is -1.14. The molecule has 11 heavy (non-hydrogen) atoms. The Morgan fingerprint density at radius 1 is 1.36 bits per heavy atom. The molecule has 0 amide bonds. The maximum absolute atomic E-state index is 10.1. The third kappa shape index (κ3) is 2.96. The van der Waals surface area contributed by atoms with Crippen LogP contribution in [0.25, 0.3) is 0 Å². The summed E-state index contributed by atoms with van der Waals surface area (Å²) < 4.78 is 32.5. The van der Waals surface area contributed by atoms with Crippen LogP contribution in [0.4, 0.5) is 0 Å². The second kappa shape index (κ2) is 2.85. The average molecular weight is 175 g/mol. The molecular weight excluding hydrogens is 170 g/mol. The van der Waals surface area contributed by atoms with Crippen molar-refractivity contribution < 1.29 is 17.2 Å². The summed E-state index contributed by atoms with van der Waals surface area (Å²) in [5, 5.41) is 0. The van der Waals surface area contributed by atoms with E-state index in [4.69, 9.17) is 4.55 Å². The SMILES string of the molecule is O=S(=O)(O)Oc1ccncc1. The van der Waals surface area contributed by atoms with Gasteiger partial charge >= 0.3 is 10.4 Å². The van der Waals surface area contributed by atoms with Gasteiger partial charge in [-0.15, -0.1) is 0 Å². The molecule has 0 aliphatic carbocycles. The summed E-state index contributed by atoms with van der Waals surface area (Å²) in [7, 11) is -4.40. The Labute approximate surface area is 63.6 Å². The van der Waals surface area contributed by atoms with Gasteiger partial charge in [0.25, 0.3) is 0 Å². The Morgan fingerprint density at radius 2 is 1.91 bits per heavy atom. The minimum absolute atomic E-state index is 0.0301. The van der Waals surface area contributed by atoms with Crippen LogP contribution in [0, 0.1) is 0 Å². The third-order valence-electron chi connectivity index (χ3n) is 0.851. The number of hydrogen-bond donors (Lipinski definition) is 1. The number of rotatable bonds is 2. The number of nitrogens with zero attached hydrogens (tertiary/aromatic N) is 1. The van der Waals surface area contributed by atoms with E-state index in [2.05, 4.69) is 9.17 Å². The highest BCUT2D eigenvalue weighted by Gasteiger charge is 2.04. The van der Waals surface area contributed by atoms with Gasteiger partial charge in [-0.25, -0.2) is 0 Å². The molecule has 0 unspecified atom stereocenters. The highest BCUT2D eigenvalue weighted by atomic mass is 32.3. The van der Waals surface area contributed by atoms with Crippen LogP contribution >= 0.6 is 0 Å². The van der Waals surface area contributed by atoms with Crippen LogP contribution in [0.1, 0.15) is 0 Å². The molecule has 0 spiro atoms. The summed E-state index contributed by atoms with van der Waals surface area (Å²) >= 11 is 0. The zero-order valence-corrected chi connectivity index (χ0v) is 6.15. The van der Waals surface area contributed by atoms with E-state index >= 15 is 0 Å². The predicted octanol–water partition coefficient (Wildman–Crippen LogP) is 0.263. The van der Waals surface area contributed by atoms with E-state index in [0.29, 0.717) is 0 Å². The molecule has 60 valence electrons. The molecule has 0 bridgehead atoms. The van der Waals surface area contributed by atoms with Gasteiger partial charge in [-0.3, -0.25) is 9.54 Å². The smallest absolute Gasteiger partial charge is 0.362 e. The lowest BCUT2D eigenvalue weighted by molar-refractivity contribution is 0.386. The van der Waals surface area contributed by atoms with Gasteiger partial charge in [-0.1, -0.05) is 0 Å². The second-order valence-electron chi connectivity index (χ2n) is 1.69. The molecule has 1 rings (SSSR count). The van der Waals surface area contributed by atoms with E-state index < -0.39 is 10.4 Å². The van der Waals surface area contributed by atoms with E-state index in [0.717, 1.165) is 0 Å². The van der Waals surface area contributed by atoms with Gasteiger partial charge in [0, 0.05) is 24.5 Å². The monoisotopic (exact) mass is 175 g/mol.